The molecule has 1 heterocycles. The van der Waals surface area contributed by atoms with Gasteiger partial charge in [0.15, 0.2) is 0 Å². The van der Waals surface area contributed by atoms with E-state index in [1.807, 2.05) is 0 Å². The van der Waals surface area contributed by atoms with Gasteiger partial charge in [0.05, 0.1) is 31.5 Å². The minimum absolute atomic E-state index is 0.135. The Morgan fingerprint density at radius 2 is 1.83 bits per heavy atom. The SMILES string of the molecule is CCOC(=O)Cc1[nH]c2ccc(F)cc2c1P(=O)(OCC)OCC. The average Bonchev–Trinajstić information content (AvgIpc) is 2.85. The maximum Gasteiger partial charge on any atom is 0.363 e. The molecule has 0 aliphatic heterocycles. The van der Waals surface area contributed by atoms with Gasteiger partial charge >= 0.3 is 13.6 Å². The Bertz CT molecular complexity index is 763. The molecule has 0 fully saturated rings. The van der Waals surface area contributed by atoms with Crippen molar-refractivity contribution >= 4 is 29.8 Å². The highest BCUT2D eigenvalue weighted by Crippen LogP contribution is 2.49. The fourth-order valence-corrected chi connectivity index (χ4v) is 4.47. The summed E-state index contributed by atoms with van der Waals surface area (Å²) in [5.74, 6) is -0.963. The van der Waals surface area contributed by atoms with Crippen molar-refractivity contribution in [2.24, 2.45) is 0 Å². The monoisotopic (exact) mass is 357 g/mol. The summed E-state index contributed by atoms with van der Waals surface area (Å²) in [5, 5.41) is 0.563. The molecule has 2 aromatic rings. The van der Waals surface area contributed by atoms with Gasteiger partial charge in [-0.1, -0.05) is 0 Å². The van der Waals surface area contributed by atoms with Gasteiger partial charge in [0.2, 0.25) is 0 Å². The van der Waals surface area contributed by atoms with E-state index in [-0.39, 0.29) is 31.5 Å². The van der Waals surface area contributed by atoms with Crippen LogP contribution < -0.4 is 5.30 Å². The molecule has 0 radical (unpaired) electrons. The molecule has 24 heavy (non-hydrogen) atoms. The normalized spacial score (nSPS) is 11.8. The van der Waals surface area contributed by atoms with Crippen LogP contribution in [0.25, 0.3) is 10.9 Å². The molecule has 1 aromatic carbocycles. The van der Waals surface area contributed by atoms with Crippen molar-refractivity contribution in [3.63, 3.8) is 0 Å². The molecule has 1 N–H and O–H groups in total. The van der Waals surface area contributed by atoms with Crippen LogP contribution in [0.5, 0.6) is 0 Å². The molecular weight excluding hydrogens is 336 g/mol. The lowest BCUT2D eigenvalue weighted by atomic mass is 10.2. The molecule has 8 heteroatoms. The molecule has 0 bridgehead atoms. The summed E-state index contributed by atoms with van der Waals surface area (Å²) in [7, 11) is -3.71. The molecule has 0 spiro atoms. The quantitative estimate of drug-likeness (QED) is 0.579. The summed E-state index contributed by atoms with van der Waals surface area (Å²) in [6, 6.07) is 4.05. The Hall–Kier alpha value is -1.69. The molecule has 0 atom stereocenters. The number of benzene rings is 1. The van der Waals surface area contributed by atoms with Crippen LogP contribution in [0.15, 0.2) is 18.2 Å². The minimum atomic E-state index is -3.71. The van der Waals surface area contributed by atoms with Crippen molar-refractivity contribution in [3.8, 4) is 0 Å². The van der Waals surface area contributed by atoms with Gasteiger partial charge in [0, 0.05) is 16.6 Å². The Labute approximate surface area is 139 Å². The van der Waals surface area contributed by atoms with Gasteiger partial charge in [0.25, 0.3) is 0 Å². The smallest absolute Gasteiger partial charge is 0.363 e. The van der Waals surface area contributed by atoms with Gasteiger partial charge < -0.3 is 18.8 Å². The van der Waals surface area contributed by atoms with E-state index in [9.17, 15) is 13.8 Å². The van der Waals surface area contributed by atoms with Crippen molar-refractivity contribution in [3.05, 3.63) is 29.7 Å². The van der Waals surface area contributed by atoms with Crippen LogP contribution in [-0.2, 0) is 29.6 Å². The number of fused-ring (bicyclic) bond motifs is 1. The number of nitrogens with one attached hydrogen (secondary N) is 1. The highest BCUT2D eigenvalue weighted by molar-refractivity contribution is 7.62. The van der Waals surface area contributed by atoms with Crippen molar-refractivity contribution in [1.29, 1.82) is 0 Å². The third-order valence-corrected chi connectivity index (χ3v) is 5.56. The number of rotatable bonds is 8. The molecule has 0 saturated carbocycles. The fourth-order valence-electron chi connectivity index (χ4n) is 2.51. The minimum Gasteiger partial charge on any atom is -0.466 e. The van der Waals surface area contributed by atoms with E-state index in [1.165, 1.54) is 18.2 Å². The van der Waals surface area contributed by atoms with Crippen molar-refractivity contribution in [1.82, 2.24) is 4.98 Å². The molecule has 6 nitrogen and oxygen atoms in total. The predicted octanol–water partition coefficient (Wildman–Crippen LogP) is 3.30. The zero-order valence-electron chi connectivity index (χ0n) is 13.9. The summed E-state index contributed by atoms with van der Waals surface area (Å²) >= 11 is 0. The number of carbonyl (C=O) groups is 1. The number of carbonyl (C=O) groups excluding carboxylic acids is 1. The summed E-state index contributed by atoms with van der Waals surface area (Å²) in [5.41, 5.74) is 0.893. The summed E-state index contributed by atoms with van der Waals surface area (Å²) < 4.78 is 42.6. The van der Waals surface area contributed by atoms with Gasteiger partial charge in [-0.2, -0.15) is 0 Å². The van der Waals surface area contributed by atoms with E-state index >= 15 is 0 Å². The lowest BCUT2D eigenvalue weighted by Crippen LogP contribution is -2.18. The second kappa shape index (κ2) is 7.92. The Morgan fingerprint density at radius 3 is 2.42 bits per heavy atom. The highest BCUT2D eigenvalue weighted by atomic mass is 31.2. The van der Waals surface area contributed by atoms with Crippen LogP contribution in [0.2, 0.25) is 0 Å². The number of hydrogen-bond donors (Lipinski definition) is 1. The number of ether oxygens (including phenoxy) is 1. The first kappa shape index (κ1) is 18.6. The molecule has 1 aromatic heterocycles. The lowest BCUT2D eigenvalue weighted by molar-refractivity contribution is -0.142. The molecular formula is C16H21FNO5P. The largest absolute Gasteiger partial charge is 0.466 e. The number of H-pyrrole nitrogens is 1. The molecule has 0 saturated heterocycles. The summed E-state index contributed by atoms with van der Waals surface area (Å²) in [4.78, 5) is 14.9. The first-order chi connectivity index (χ1) is 11.4. The second-order valence-corrected chi connectivity index (χ2v) is 6.92. The summed E-state index contributed by atoms with van der Waals surface area (Å²) in [6.07, 6.45) is -0.135. The number of esters is 1. The number of aromatic amines is 1. The van der Waals surface area contributed by atoms with Gasteiger partial charge in [-0.25, -0.2) is 4.39 Å². The number of hydrogen-bond acceptors (Lipinski definition) is 5. The van der Waals surface area contributed by atoms with Gasteiger partial charge in [0.1, 0.15) is 5.82 Å². The number of aromatic nitrogens is 1. The first-order valence-corrected chi connectivity index (χ1v) is 9.34. The first-order valence-electron chi connectivity index (χ1n) is 7.80. The topological polar surface area (TPSA) is 77.6 Å². The molecule has 0 aliphatic carbocycles. The molecule has 132 valence electrons. The molecule has 0 amide bonds. The maximum atomic E-state index is 13.7. The fraction of sp³-hybridized carbons (Fsp3) is 0.438. The standard InChI is InChI=1S/C16H21FNO5P/c1-4-21-15(19)10-14-16(24(20,22-5-2)23-6-3)12-9-11(17)7-8-13(12)18-14/h7-9,18H,4-6,10H2,1-3H3. The van der Waals surface area contributed by atoms with Crippen LogP contribution in [0.1, 0.15) is 26.5 Å². The number of halogens is 1. The highest BCUT2D eigenvalue weighted by Gasteiger charge is 2.34. The predicted molar refractivity (Wildman–Crippen MR) is 89.1 cm³/mol. The Morgan fingerprint density at radius 1 is 1.17 bits per heavy atom. The van der Waals surface area contributed by atoms with Crippen LogP contribution in [0, 0.1) is 5.82 Å². The van der Waals surface area contributed by atoms with Crippen molar-refractivity contribution in [2.45, 2.75) is 27.2 Å². The third-order valence-electron chi connectivity index (χ3n) is 3.31. The van der Waals surface area contributed by atoms with Gasteiger partial charge in [-0.15, -0.1) is 0 Å². The Kier molecular flexibility index (Phi) is 6.15. The average molecular weight is 357 g/mol. The maximum absolute atomic E-state index is 13.7. The van der Waals surface area contributed by atoms with Crippen LogP contribution in [-0.4, -0.2) is 30.8 Å². The van der Waals surface area contributed by atoms with Crippen molar-refractivity contribution < 1.29 is 27.5 Å². The lowest BCUT2D eigenvalue weighted by Gasteiger charge is -2.18. The summed E-state index contributed by atoms with van der Waals surface area (Å²) in [6.45, 7) is 5.61. The Balaban J connectivity index is 2.64. The van der Waals surface area contributed by atoms with Crippen molar-refractivity contribution in [2.75, 3.05) is 19.8 Å². The molecule has 2 rings (SSSR count). The van der Waals surface area contributed by atoms with E-state index in [4.69, 9.17) is 13.8 Å². The second-order valence-electron chi connectivity index (χ2n) is 4.96. The van der Waals surface area contributed by atoms with Gasteiger partial charge in [-0.05, 0) is 39.0 Å². The molecule has 0 unspecified atom stereocenters. The van der Waals surface area contributed by atoms with Crippen LogP contribution >= 0.6 is 7.60 Å². The van der Waals surface area contributed by atoms with E-state index in [1.54, 1.807) is 20.8 Å². The van der Waals surface area contributed by atoms with E-state index in [0.29, 0.717) is 16.6 Å². The van der Waals surface area contributed by atoms with Crippen LogP contribution in [0.4, 0.5) is 4.39 Å². The molecule has 0 aliphatic rings. The van der Waals surface area contributed by atoms with E-state index in [2.05, 4.69) is 4.98 Å². The van der Waals surface area contributed by atoms with Crippen LogP contribution in [0.3, 0.4) is 0 Å². The van der Waals surface area contributed by atoms with E-state index < -0.39 is 19.4 Å². The zero-order chi connectivity index (χ0) is 17.7. The third kappa shape index (κ3) is 3.86. The zero-order valence-corrected chi connectivity index (χ0v) is 14.8. The van der Waals surface area contributed by atoms with Gasteiger partial charge in [-0.3, -0.25) is 9.36 Å². The van der Waals surface area contributed by atoms with E-state index in [0.717, 1.165) is 0 Å².